The summed E-state index contributed by atoms with van der Waals surface area (Å²) >= 11 is 0. The highest BCUT2D eigenvalue weighted by molar-refractivity contribution is 5.76. The second-order valence-electron chi connectivity index (χ2n) is 9.82. The Morgan fingerprint density at radius 3 is 2.39 bits per heavy atom. The molecule has 0 radical (unpaired) electrons. The van der Waals surface area contributed by atoms with Crippen molar-refractivity contribution in [2.75, 3.05) is 55.8 Å². The number of aromatic nitrogens is 3. The zero-order valence-electron chi connectivity index (χ0n) is 21.7. The van der Waals surface area contributed by atoms with Crippen molar-refractivity contribution in [2.24, 2.45) is 5.92 Å². The number of hydrogen-bond acceptors (Lipinski definition) is 9. The number of piperazine rings is 1. The minimum Gasteiger partial charge on any atom is -0.405 e. The van der Waals surface area contributed by atoms with Gasteiger partial charge in [0.1, 0.15) is 5.75 Å². The highest BCUT2D eigenvalue weighted by Gasteiger charge is 2.32. The number of amides is 1. The predicted molar refractivity (Wildman–Crippen MR) is 138 cm³/mol. The number of hydrogen-bond donors (Lipinski definition) is 3. The minimum atomic E-state index is -4.78. The molecule has 1 saturated heterocycles. The Balaban J connectivity index is 1.24. The fraction of sp³-hybridized carbons (Fsp3) is 0.600. The molecule has 1 amide bonds. The molecule has 1 aromatic carbocycles. The van der Waals surface area contributed by atoms with E-state index in [1.807, 2.05) is 0 Å². The van der Waals surface area contributed by atoms with E-state index in [0.717, 1.165) is 51.9 Å². The van der Waals surface area contributed by atoms with Crippen LogP contribution in [0.3, 0.4) is 0 Å². The summed E-state index contributed by atoms with van der Waals surface area (Å²) in [5, 5.41) is 9.19. The number of likely N-dealkylation sites (N-methyl/N-ethyl adjacent to an activating group) is 1. The molecule has 2 aliphatic rings. The van der Waals surface area contributed by atoms with Gasteiger partial charge in [-0.2, -0.15) is 15.0 Å². The number of rotatable bonds is 9. The molecule has 0 atom stereocenters. The number of carbonyl (C=O) groups is 1. The molecule has 13 heteroatoms. The molecule has 2 fully saturated rings. The van der Waals surface area contributed by atoms with Crippen LogP contribution >= 0.6 is 0 Å². The van der Waals surface area contributed by atoms with Gasteiger partial charge in [-0.15, -0.1) is 13.2 Å². The second-order valence-corrected chi connectivity index (χ2v) is 9.82. The monoisotopic (exact) mass is 536 g/mol. The quantitative estimate of drug-likeness (QED) is 0.445. The Hall–Kier alpha value is -3.35. The molecule has 1 aromatic heterocycles. The van der Waals surface area contributed by atoms with Crippen molar-refractivity contribution in [1.29, 1.82) is 0 Å². The van der Waals surface area contributed by atoms with E-state index in [9.17, 15) is 18.0 Å². The molecule has 1 aliphatic heterocycles. The van der Waals surface area contributed by atoms with Crippen LogP contribution in [-0.4, -0.2) is 78.4 Å². The lowest BCUT2D eigenvalue weighted by Gasteiger charge is -2.33. The molecule has 38 heavy (non-hydrogen) atoms. The fourth-order valence-corrected chi connectivity index (χ4v) is 4.78. The maximum Gasteiger partial charge on any atom is 0.573 e. The summed E-state index contributed by atoms with van der Waals surface area (Å²) < 4.78 is 41.9. The molecule has 1 saturated carbocycles. The van der Waals surface area contributed by atoms with Crippen molar-refractivity contribution in [1.82, 2.24) is 25.2 Å². The third-order valence-electron chi connectivity index (χ3n) is 6.96. The van der Waals surface area contributed by atoms with Crippen LogP contribution in [0, 0.1) is 5.92 Å². The van der Waals surface area contributed by atoms with Crippen LogP contribution in [0.1, 0.15) is 37.7 Å². The third kappa shape index (κ3) is 8.07. The van der Waals surface area contributed by atoms with Crippen molar-refractivity contribution in [3.63, 3.8) is 0 Å². The summed E-state index contributed by atoms with van der Waals surface area (Å²) in [4.78, 5) is 30.6. The van der Waals surface area contributed by atoms with Gasteiger partial charge in [-0.25, -0.2) is 0 Å². The van der Waals surface area contributed by atoms with Crippen molar-refractivity contribution in [3.8, 4) is 5.75 Å². The van der Waals surface area contributed by atoms with Gasteiger partial charge in [0.15, 0.2) is 0 Å². The first-order valence-electron chi connectivity index (χ1n) is 12.9. The minimum absolute atomic E-state index is 0.0230. The van der Waals surface area contributed by atoms with Crippen molar-refractivity contribution in [2.45, 2.75) is 51.1 Å². The van der Waals surface area contributed by atoms with Gasteiger partial charge in [-0.05, 0) is 44.7 Å². The second kappa shape index (κ2) is 12.5. The average molecular weight is 537 g/mol. The topological polar surface area (TPSA) is 108 Å². The number of anilines is 3. The molecule has 0 bridgehead atoms. The lowest BCUT2D eigenvalue weighted by atomic mass is 9.84. The van der Waals surface area contributed by atoms with E-state index in [4.69, 9.17) is 0 Å². The fourth-order valence-electron chi connectivity index (χ4n) is 4.78. The van der Waals surface area contributed by atoms with Crippen molar-refractivity contribution >= 4 is 23.8 Å². The Morgan fingerprint density at radius 2 is 1.71 bits per heavy atom. The van der Waals surface area contributed by atoms with Crippen LogP contribution in [0.15, 0.2) is 24.3 Å². The zero-order valence-corrected chi connectivity index (χ0v) is 21.7. The average Bonchev–Trinajstić information content (AvgIpc) is 2.88. The van der Waals surface area contributed by atoms with Crippen molar-refractivity contribution < 1.29 is 22.7 Å². The van der Waals surface area contributed by atoms with E-state index in [1.165, 1.54) is 18.2 Å². The Kier molecular flexibility index (Phi) is 9.08. The van der Waals surface area contributed by atoms with Gasteiger partial charge >= 0.3 is 6.36 Å². The smallest absolute Gasteiger partial charge is 0.405 e. The van der Waals surface area contributed by atoms with Crippen LogP contribution in [0.25, 0.3) is 0 Å². The van der Waals surface area contributed by atoms with Crippen molar-refractivity contribution in [3.05, 3.63) is 29.8 Å². The van der Waals surface area contributed by atoms with Gasteiger partial charge < -0.3 is 30.5 Å². The van der Waals surface area contributed by atoms with E-state index in [-0.39, 0.29) is 35.7 Å². The highest BCUT2D eigenvalue weighted by Crippen LogP contribution is 2.29. The molecule has 0 spiro atoms. The molecule has 0 unspecified atom stereocenters. The molecule has 2 heterocycles. The summed E-state index contributed by atoms with van der Waals surface area (Å²) in [6.07, 6.45) is -1.01. The summed E-state index contributed by atoms with van der Waals surface area (Å²) in [5.74, 6) is 1.44. The lowest BCUT2D eigenvalue weighted by molar-refractivity contribution is -0.274. The van der Waals surface area contributed by atoms with Gasteiger partial charge in [0.25, 0.3) is 0 Å². The van der Waals surface area contributed by atoms with Crippen LogP contribution in [-0.2, 0) is 11.3 Å². The first-order chi connectivity index (χ1) is 18.2. The molecule has 10 nitrogen and oxygen atoms in total. The normalized spacial score (nSPS) is 20.6. The first kappa shape index (κ1) is 27.7. The largest absolute Gasteiger partial charge is 0.573 e. The number of nitrogens with one attached hydrogen (secondary N) is 3. The number of nitrogens with zero attached hydrogens (tertiary/aromatic N) is 5. The Labute approximate surface area is 220 Å². The van der Waals surface area contributed by atoms with E-state index in [1.54, 1.807) is 13.1 Å². The highest BCUT2D eigenvalue weighted by atomic mass is 19.4. The standard InChI is InChI=1S/C25H35F3N8O2/c1-29-22-32-23(34-24(33-22)36-13-11-35(2)12-14-36)31-19-9-7-17(8-10-19)15-21(37)30-16-18-5-3-4-6-20(18)38-25(26,27)28/h3-6,17,19H,7-16H2,1-2H3,(H,30,37)(H2,29,31,32,33,34). The Morgan fingerprint density at radius 1 is 1.03 bits per heavy atom. The summed E-state index contributed by atoms with van der Waals surface area (Å²) in [6, 6.07) is 6.01. The molecule has 1 aliphatic carbocycles. The third-order valence-corrected chi connectivity index (χ3v) is 6.96. The molecule has 2 aromatic rings. The van der Waals surface area contributed by atoms with E-state index >= 15 is 0 Å². The molecular weight excluding hydrogens is 501 g/mol. The molecule has 3 N–H and O–H groups in total. The van der Waals surface area contributed by atoms with Gasteiger partial charge in [0.05, 0.1) is 0 Å². The molecular formula is C25H35F3N8O2. The van der Waals surface area contributed by atoms with Gasteiger partial charge in [-0.1, -0.05) is 18.2 Å². The van der Waals surface area contributed by atoms with E-state index in [0.29, 0.717) is 24.3 Å². The number of carbonyl (C=O) groups excluding carboxylic acids is 1. The number of ether oxygens (including phenoxy) is 1. The maximum atomic E-state index is 12.6. The Bertz CT molecular complexity index is 1070. The lowest BCUT2D eigenvalue weighted by Crippen LogP contribution is -2.45. The van der Waals surface area contributed by atoms with Gasteiger partial charge in [0.2, 0.25) is 23.8 Å². The number of benzene rings is 1. The van der Waals surface area contributed by atoms with Crippen LogP contribution in [0.2, 0.25) is 0 Å². The molecule has 4 rings (SSSR count). The van der Waals surface area contributed by atoms with Crippen LogP contribution in [0.4, 0.5) is 31.0 Å². The summed E-state index contributed by atoms with van der Waals surface area (Å²) in [5.41, 5.74) is 0.278. The summed E-state index contributed by atoms with van der Waals surface area (Å²) in [6.45, 7) is 3.60. The number of halogens is 3. The van der Waals surface area contributed by atoms with Gasteiger partial charge in [-0.3, -0.25) is 4.79 Å². The summed E-state index contributed by atoms with van der Waals surface area (Å²) in [7, 11) is 3.88. The first-order valence-corrected chi connectivity index (χ1v) is 12.9. The SMILES string of the molecule is CNc1nc(NC2CCC(CC(=O)NCc3ccccc3OC(F)(F)F)CC2)nc(N2CCN(C)CC2)n1. The van der Waals surface area contributed by atoms with E-state index < -0.39 is 6.36 Å². The van der Waals surface area contributed by atoms with Gasteiger partial charge in [0, 0.05) is 57.8 Å². The van der Waals surface area contributed by atoms with Crippen LogP contribution in [0.5, 0.6) is 5.75 Å². The predicted octanol–water partition coefficient (Wildman–Crippen LogP) is 3.24. The molecule has 208 valence electrons. The zero-order chi connectivity index (χ0) is 27.1. The van der Waals surface area contributed by atoms with Crippen LogP contribution < -0.4 is 25.6 Å². The number of alkyl halides is 3. The number of para-hydroxylation sites is 1. The maximum absolute atomic E-state index is 12.6. The van der Waals surface area contributed by atoms with E-state index in [2.05, 4.69) is 52.5 Å².